The molecule has 0 radical (unpaired) electrons. The third-order valence-electron chi connectivity index (χ3n) is 3.63. The van der Waals surface area contributed by atoms with Crippen LogP contribution in [0.2, 0.25) is 0 Å². The van der Waals surface area contributed by atoms with Gasteiger partial charge in [0.2, 0.25) is 0 Å². The summed E-state index contributed by atoms with van der Waals surface area (Å²) in [6.07, 6.45) is 1.85. The van der Waals surface area contributed by atoms with Gasteiger partial charge < -0.3 is 4.90 Å². The van der Waals surface area contributed by atoms with Crippen LogP contribution in [0.4, 0.5) is 5.82 Å². The van der Waals surface area contributed by atoms with Gasteiger partial charge in [0, 0.05) is 48.7 Å². The SMILES string of the molecule is Cc1nccc(N2CCN(Cc3ccc(C)s3)CC2)n1. The van der Waals surface area contributed by atoms with Crippen LogP contribution in [0.25, 0.3) is 0 Å². The van der Waals surface area contributed by atoms with Crippen LogP contribution in [0.5, 0.6) is 0 Å². The third kappa shape index (κ3) is 3.16. The second-order valence-corrected chi connectivity index (χ2v) is 6.61. The predicted octanol–water partition coefficient (Wildman–Crippen LogP) is 2.48. The van der Waals surface area contributed by atoms with E-state index in [1.165, 1.54) is 9.75 Å². The highest BCUT2D eigenvalue weighted by Gasteiger charge is 2.18. The smallest absolute Gasteiger partial charge is 0.132 e. The summed E-state index contributed by atoms with van der Waals surface area (Å²) in [5.41, 5.74) is 0. The fourth-order valence-electron chi connectivity index (χ4n) is 2.55. The van der Waals surface area contributed by atoms with Gasteiger partial charge in [-0.15, -0.1) is 11.3 Å². The highest BCUT2D eigenvalue weighted by atomic mass is 32.1. The lowest BCUT2D eigenvalue weighted by molar-refractivity contribution is 0.251. The molecule has 4 nitrogen and oxygen atoms in total. The van der Waals surface area contributed by atoms with E-state index in [1.807, 2.05) is 30.5 Å². The number of thiophene rings is 1. The number of rotatable bonds is 3. The van der Waals surface area contributed by atoms with Crippen molar-refractivity contribution in [1.29, 1.82) is 0 Å². The third-order valence-corrected chi connectivity index (χ3v) is 4.62. The lowest BCUT2D eigenvalue weighted by atomic mass is 10.3. The van der Waals surface area contributed by atoms with Crippen molar-refractivity contribution in [2.45, 2.75) is 20.4 Å². The van der Waals surface area contributed by atoms with Gasteiger partial charge in [-0.05, 0) is 32.0 Å². The summed E-state index contributed by atoms with van der Waals surface area (Å²) in [5, 5.41) is 0. The van der Waals surface area contributed by atoms with E-state index >= 15 is 0 Å². The molecule has 1 fully saturated rings. The molecule has 106 valence electrons. The van der Waals surface area contributed by atoms with Gasteiger partial charge in [0.05, 0.1) is 0 Å². The summed E-state index contributed by atoms with van der Waals surface area (Å²) < 4.78 is 0. The second kappa shape index (κ2) is 5.89. The van der Waals surface area contributed by atoms with Crippen LogP contribution in [0, 0.1) is 13.8 Å². The van der Waals surface area contributed by atoms with Crippen molar-refractivity contribution in [2.24, 2.45) is 0 Å². The fourth-order valence-corrected chi connectivity index (χ4v) is 3.48. The Bertz CT molecular complexity index is 573. The number of nitrogens with zero attached hydrogens (tertiary/aromatic N) is 4. The first-order chi connectivity index (χ1) is 9.70. The van der Waals surface area contributed by atoms with Crippen molar-refractivity contribution in [1.82, 2.24) is 14.9 Å². The zero-order valence-corrected chi connectivity index (χ0v) is 12.9. The first kappa shape index (κ1) is 13.5. The number of aryl methyl sites for hydroxylation is 2. The van der Waals surface area contributed by atoms with Gasteiger partial charge in [-0.1, -0.05) is 0 Å². The van der Waals surface area contributed by atoms with E-state index in [1.54, 1.807) is 0 Å². The Kier molecular flexibility index (Phi) is 3.98. The van der Waals surface area contributed by atoms with Gasteiger partial charge in [0.1, 0.15) is 11.6 Å². The van der Waals surface area contributed by atoms with Crippen molar-refractivity contribution in [3.8, 4) is 0 Å². The molecule has 0 unspecified atom stereocenters. The summed E-state index contributed by atoms with van der Waals surface area (Å²) in [6.45, 7) is 9.47. The summed E-state index contributed by atoms with van der Waals surface area (Å²) in [7, 11) is 0. The molecule has 0 saturated carbocycles. The van der Waals surface area contributed by atoms with Crippen LogP contribution in [0.3, 0.4) is 0 Å². The molecule has 1 saturated heterocycles. The van der Waals surface area contributed by atoms with Crippen molar-refractivity contribution >= 4 is 17.2 Å². The van der Waals surface area contributed by atoms with Gasteiger partial charge in [-0.2, -0.15) is 0 Å². The van der Waals surface area contributed by atoms with Gasteiger partial charge in [0.25, 0.3) is 0 Å². The quantitative estimate of drug-likeness (QED) is 0.868. The Morgan fingerprint density at radius 1 is 1.10 bits per heavy atom. The molecule has 0 aliphatic carbocycles. The van der Waals surface area contributed by atoms with Crippen LogP contribution in [-0.4, -0.2) is 41.0 Å². The first-order valence-electron chi connectivity index (χ1n) is 7.03. The summed E-state index contributed by atoms with van der Waals surface area (Å²) >= 11 is 1.90. The Morgan fingerprint density at radius 3 is 2.55 bits per heavy atom. The highest BCUT2D eigenvalue weighted by Crippen LogP contribution is 2.19. The molecule has 3 rings (SSSR count). The molecule has 1 aliphatic heterocycles. The molecule has 2 aromatic rings. The summed E-state index contributed by atoms with van der Waals surface area (Å²) in [6, 6.07) is 6.46. The van der Waals surface area contributed by atoms with E-state index in [4.69, 9.17) is 0 Å². The van der Waals surface area contributed by atoms with Crippen molar-refractivity contribution < 1.29 is 0 Å². The van der Waals surface area contributed by atoms with Crippen molar-refractivity contribution in [3.63, 3.8) is 0 Å². The van der Waals surface area contributed by atoms with E-state index in [9.17, 15) is 0 Å². The van der Waals surface area contributed by atoms with Gasteiger partial charge >= 0.3 is 0 Å². The van der Waals surface area contributed by atoms with Gasteiger partial charge in [-0.25, -0.2) is 9.97 Å². The predicted molar refractivity (Wildman–Crippen MR) is 83.3 cm³/mol. The Balaban J connectivity index is 1.57. The molecule has 1 aliphatic rings. The standard InChI is InChI=1S/C15H20N4S/c1-12-3-4-14(20-12)11-18-7-9-19(10-8-18)15-5-6-16-13(2)17-15/h3-6H,7-11H2,1-2H3. The van der Waals surface area contributed by atoms with Crippen LogP contribution >= 0.6 is 11.3 Å². The Morgan fingerprint density at radius 2 is 1.90 bits per heavy atom. The number of piperazine rings is 1. The monoisotopic (exact) mass is 288 g/mol. The molecule has 3 heterocycles. The molecule has 0 spiro atoms. The lowest BCUT2D eigenvalue weighted by Crippen LogP contribution is -2.46. The van der Waals surface area contributed by atoms with Crippen LogP contribution in [-0.2, 0) is 6.54 Å². The molecule has 0 aromatic carbocycles. The molecule has 0 amide bonds. The number of aromatic nitrogens is 2. The summed E-state index contributed by atoms with van der Waals surface area (Å²) in [4.78, 5) is 16.4. The van der Waals surface area contributed by atoms with E-state index in [0.29, 0.717) is 0 Å². The Hall–Kier alpha value is -1.46. The highest BCUT2D eigenvalue weighted by molar-refractivity contribution is 7.11. The lowest BCUT2D eigenvalue weighted by Gasteiger charge is -2.35. The van der Waals surface area contributed by atoms with E-state index in [2.05, 4.69) is 38.8 Å². The molecule has 20 heavy (non-hydrogen) atoms. The topological polar surface area (TPSA) is 32.3 Å². The largest absolute Gasteiger partial charge is 0.354 e. The van der Waals surface area contributed by atoms with Crippen LogP contribution < -0.4 is 4.90 Å². The molecular weight excluding hydrogens is 268 g/mol. The van der Waals surface area contributed by atoms with Crippen molar-refractivity contribution in [3.05, 3.63) is 40.0 Å². The normalized spacial score (nSPS) is 16.6. The zero-order valence-electron chi connectivity index (χ0n) is 12.0. The van der Waals surface area contributed by atoms with Crippen LogP contribution in [0.1, 0.15) is 15.6 Å². The molecule has 5 heteroatoms. The molecule has 2 aromatic heterocycles. The fraction of sp³-hybridized carbons (Fsp3) is 0.467. The molecule has 0 atom stereocenters. The molecule has 0 N–H and O–H groups in total. The zero-order chi connectivity index (χ0) is 13.9. The Labute approximate surface area is 124 Å². The summed E-state index contributed by atoms with van der Waals surface area (Å²) in [5.74, 6) is 1.91. The minimum absolute atomic E-state index is 0.846. The van der Waals surface area contributed by atoms with Crippen molar-refractivity contribution in [2.75, 3.05) is 31.1 Å². The number of anilines is 1. The van der Waals surface area contributed by atoms with E-state index in [-0.39, 0.29) is 0 Å². The number of hydrogen-bond acceptors (Lipinski definition) is 5. The maximum Gasteiger partial charge on any atom is 0.132 e. The second-order valence-electron chi connectivity index (χ2n) is 5.24. The molecule has 0 bridgehead atoms. The number of hydrogen-bond donors (Lipinski definition) is 0. The maximum absolute atomic E-state index is 4.51. The maximum atomic E-state index is 4.51. The first-order valence-corrected chi connectivity index (χ1v) is 7.84. The van der Waals surface area contributed by atoms with E-state index < -0.39 is 0 Å². The van der Waals surface area contributed by atoms with E-state index in [0.717, 1.165) is 44.4 Å². The minimum Gasteiger partial charge on any atom is -0.354 e. The van der Waals surface area contributed by atoms with Gasteiger partial charge in [0.15, 0.2) is 0 Å². The van der Waals surface area contributed by atoms with Gasteiger partial charge in [-0.3, -0.25) is 4.90 Å². The average Bonchev–Trinajstić information content (AvgIpc) is 2.85. The molecular formula is C15H20N4S. The minimum atomic E-state index is 0.846. The average molecular weight is 288 g/mol. The van der Waals surface area contributed by atoms with Crippen LogP contribution in [0.15, 0.2) is 24.4 Å².